The molecule has 1 atom stereocenters. The largest absolute Gasteiger partial charge is 0.384 e. The fourth-order valence-electron chi connectivity index (χ4n) is 3.24. The number of aromatic nitrogens is 2. The second kappa shape index (κ2) is 8.59. The fraction of sp³-hybridized carbons (Fsp3) is 0.368. The Morgan fingerprint density at radius 1 is 1.22 bits per heavy atom. The summed E-state index contributed by atoms with van der Waals surface area (Å²) >= 11 is 0. The van der Waals surface area contributed by atoms with Gasteiger partial charge in [0, 0.05) is 36.8 Å². The molecule has 0 aliphatic carbocycles. The van der Waals surface area contributed by atoms with Crippen LogP contribution in [0.2, 0.25) is 0 Å². The lowest BCUT2D eigenvalue weighted by Crippen LogP contribution is -2.44. The number of nitrogen functional groups attached to an aromatic ring is 1. The average Bonchev–Trinajstić information content (AvgIpc) is 2.68. The number of hydrogen-bond donors (Lipinski definition) is 3. The monoisotopic (exact) mass is 368 g/mol. The zero-order valence-electron chi connectivity index (χ0n) is 15.1. The molecule has 0 radical (unpaired) electrons. The van der Waals surface area contributed by atoms with Crippen LogP contribution in [0.25, 0.3) is 11.3 Å². The Bertz CT molecular complexity index is 808. The highest BCUT2D eigenvalue weighted by Gasteiger charge is 2.23. The molecule has 142 valence electrons. The van der Waals surface area contributed by atoms with Gasteiger partial charge in [0.05, 0.1) is 11.6 Å². The van der Waals surface area contributed by atoms with Crippen LogP contribution in [0, 0.1) is 5.92 Å². The van der Waals surface area contributed by atoms with E-state index in [-0.39, 0.29) is 17.7 Å². The summed E-state index contributed by atoms with van der Waals surface area (Å²) in [6, 6.07) is 8.87. The number of nitrogens with zero attached hydrogens (tertiary/aromatic N) is 3. The topological polar surface area (TPSA) is 127 Å². The molecule has 1 aliphatic heterocycles. The van der Waals surface area contributed by atoms with Crippen molar-refractivity contribution in [1.82, 2.24) is 20.2 Å². The van der Waals surface area contributed by atoms with E-state index in [1.54, 1.807) is 18.2 Å². The van der Waals surface area contributed by atoms with Crippen LogP contribution in [-0.4, -0.2) is 52.9 Å². The minimum atomic E-state index is -0.241. The number of amides is 2. The van der Waals surface area contributed by atoms with Crippen LogP contribution in [0.1, 0.15) is 23.2 Å². The number of carbonyl (C=O) groups is 2. The summed E-state index contributed by atoms with van der Waals surface area (Å²) in [5, 5.41) is 2.92. The zero-order valence-corrected chi connectivity index (χ0v) is 15.1. The molecule has 2 heterocycles. The summed E-state index contributed by atoms with van der Waals surface area (Å²) in [5.41, 5.74) is 13.2. The van der Waals surface area contributed by atoms with Crippen LogP contribution in [0.5, 0.6) is 0 Å². The highest BCUT2D eigenvalue weighted by molar-refractivity contribution is 5.94. The Kier molecular flexibility index (Phi) is 5.97. The summed E-state index contributed by atoms with van der Waals surface area (Å²) in [4.78, 5) is 33.9. The number of primary amides is 1. The number of nitrogens with two attached hydrogens (primary N) is 2. The normalized spacial score (nSPS) is 17.4. The van der Waals surface area contributed by atoms with Gasteiger partial charge in [-0.1, -0.05) is 12.1 Å². The van der Waals surface area contributed by atoms with Crippen molar-refractivity contribution in [3.05, 3.63) is 42.2 Å². The van der Waals surface area contributed by atoms with Gasteiger partial charge in [-0.25, -0.2) is 9.97 Å². The number of piperidine rings is 1. The first kappa shape index (κ1) is 18.8. The van der Waals surface area contributed by atoms with E-state index in [2.05, 4.69) is 20.2 Å². The van der Waals surface area contributed by atoms with Gasteiger partial charge in [-0.15, -0.1) is 0 Å². The standard InChI is InChI=1S/C19H24N6O2/c20-17-10-16(23-12-24-17)13-3-5-14(6-4-13)19(27)22-7-9-25-8-1-2-15(11-25)18(21)26/h3-6,10,12,15H,1-2,7-9,11H2,(H2,21,26)(H,22,27)(H2,20,23,24). The van der Waals surface area contributed by atoms with Crippen molar-refractivity contribution in [2.45, 2.75) is 12.8 Å². The van der Waals surface area contributed by atoms with Crippen molar-refractivity contribution in [2.75, 3.05) is 31.9 Å². The molecule has 8 heteroatoms. The van der Waals surface area contributed by atoms with Crippen LogP contribution in [0.3, 0.4) is 0 Å². The predicted octanol–water partition coefficient (Wildman–Crippen LogP) is 0.653. The molecule has 27 heavy (non-hydrogen) atoms. The Labute approximate surface area is 158 Å². The van der Waals surface area contributed by atoms with Crippen molar-refractivity contribution in [2.24, 2.45) is 11.7 Å². The van der Waals surface area contributed by atoms with Crippen molar-refractivity contribution in [3.8, 4) is 11.3 Å². The minimum absolute atomic E-state index is 0.0853. The molecule has 3 rings (SSSR count). The Morgan fingerprint density at radius 2 is 2.00 bits per heavy atom. The smallest absolute Gasteiger partial charge is 0.251 e. The third-order valence-corrected chi connectivity index (χ3v) is 4.75. The van der Waals surface area contributed by atoms with Gasteiger partial charge in [0.15, 0.2) is 0 Å². The molecule has 5 N–H and O–H groups in total. The second-order valence-corrected chi connectivity index (χ2v) is 6.70. The maximum atomic E-state index is 12.3. The first-order valence-electron chi connectivity index (χ1n) is 9.01. The number of hydrogen-bond acceptors (Lipinski definition) is 6. The van der Waals surface area contributed by atoms with Gasteiger partial charge in [-0.05, 0) is 31.5 Å². The molecule has 1 fully saturated rings. The molecule has 2 aromatic rings. The van der Waals surface area contributed by atoms with E-state index >= 15 is 0 Å². The lowest BCUT2D eigenvalue weighted by Gasteiger charge is -2.31. The molecule has 0 saturated carbocycles. The molecule has 1 aliphatic rings. The van der Waals surface area contributed by atoms with Gasteiger partial charge in [0.1, 0.15) is 12.1 Å². The van der Waals surface area contributed by atoms with Gasteiger partial charge in [-0.3, -0.25) is 9.59 Å². The van der Waals surface area contributed by atoms with Gasteiger partial charge in [0.2, 0.25) is 5.91 Å². The molecule has 0 spiro atoms. The van der Waals surface area contributed by atoms with E-state index in [0.717, 1.165) is 24.9 Å². The van der Waals surface area contributed by atoms with Crippen LogP contribution in [-0.2, 0) is 4.79 Å². The summed E-state index contributed by atoms with van der Waals surface area (Å²) in [5.74, 6) is -0.0579. The van der Waals surface area contributed by atoms with Crippen LogP contribution >= 0.6 is 0 Å². The lowest BCUT2D eigenvalue weighted by molar-refractivity contribution is -0.123. The highest BCUT2D eigenvalue weighted by atomic mass is 16.2. The van der Waals surface area contributed by atoms with Gasteiger partial charge in [-0.2, -0.15) is 0 Å². The van der Waals surface area contributed by atoms with Crippen LogP contribution in [0.4, 0.5) is 5.82 Å². The first-order chi connectivity index (χ1) is 13.0. The molecular weight excluding hydrogens is 344 g/mol. The zero-order chi connectivity index (χ0) is 19.2. The first-order valence-corrected chi connectivity index (χ1v) is 9.01. The third-order valence-electron chi connectivity index (χ3n) is 4.75. The number of carbonyl (C=O) groups excluding carboxylic acids is 2. The van der Waals surface area contributed by atoms with Crippen molar-refractivity contribution >= 4 is 17.6 Å². The summed E-state index contributed by atoms with van der Waals surface area (Å²) < 4.78 is 0. The Hall–Kier alpha value is -3.00. The molecular formula is C19H24N6O2. The summed E-state index contributed by atoms with van der Waals surface area (Å²) in [6.07, 6.45) is 3.22. The molecule has 2 amide bonds. The van der Waals surface area contributed by atoms with E-state index in [1.165, 1.54) is 6.33 Å². The summed E-state index contributed by atoms with van der Waals surface area (Å²) in [6.45, 7) is 2.82. The van der Waals surface area contributed by atoms with E-state index in [9.17, 15) is 9.59 Å². The van der Waals surface area contributed by atoms with Crippen molar-refractivity contribution in [3.63, 3.8) is 0 Å². The van der Waals surface area contributed by atoms with Crippen LogP contribution in [0.15, 0.2) is 36.7 Å². The lowest BCUT2D eigenvalue weighted by atomic mass is 9.97. The van der Waals surface area contributed by atoms with E-state index in [1.807, 2.05) is 12.1 Å². The number of likely N-dealkylation sites (tertiary alicyclic amines) is 1. The molecule has 0 bridgehead atoms. The molecule has 1 unspecified atom stereocenters. The van der Waals surface area contributed by atoms with Gasteiger partial charge >= 0.3 is 0 Å². The number of nitrogens with one attached hydrogen (secondary N) is 1. The maximum Gasteiger partial charge on any atom is 0.251 e. The van der Waals surface area contributed by atoms with E-state index < -0.39 is 0 Å². The predicted molar refractivity (Wildman–Crippen MR) is 103 cm³/mol. The van der Waals surface area contributed by atoms with Crippen molar-refractivity contribution < 1.29 is 9.59 Å². The molecule has 8 nitrogen and oxygen atoms in total. The number of anilines is 1. The van der Waals surface area contributed by atoms with E-state index in [0.29, 0.717) is 36.7 Å². The minimum Gasteiger partial charge on any atom is -0.384 e. The highest BCUT2D eigenvalue weighted by Crippen LogP contribution is 2.18. The Balaban J connectivity index is 1.50. The molecule has 1 aromatic heterocycles. The number of rotatable bonds is 6. The van der Waals surface area contributed by atoms with Crippen LogP contribution < -0.4 is 16.8 Å². The fourth-order valence-corrected chi connectivity index (χ4v) is 3.24. The molecule has 1 saturated heterocycles. The average molecular weight is 368 g/mol. The molecule has 1 aromatic carbocycles. The quantitative estimate of drug-likeness (QED) is 0.687. The van der Waals surface area contributed by atoms with Gasteiger partial charge in [0.25, 0.3) is 5.91 Å². The van der Waals surface area contributed by atoms with Crippen molar-refractivity contribution in [1.29, 1.82) is 0 Å². The maximum absolute atomic E-state index is 12.3. The number of benzene rings is 1. The van der Waals surface area contributed by atoms with Gasteiger partial charge < -0.3 is 21.7 Å². The SMILES string of the molecule is NC(=O)C1CCCN(CCNC(=O)c2ccc(-c3cc(N)ncn3)cc2)C1. The second-order valence-electron chi connectivity index (χ2n) is 6.70. The summed E-state index contributed by atoms with van der Waals surface area (Å²) in [7, 11) is 0. The third kappa shape index (κ3) is 5.01. The van der Waals surface area contributed by atoms with E-state index in [4.69, 9.17) is 11.5 Å². The Morgan fingerprint density at radius 3 is 2.70 bits per heavy atom.